The summed E-state index contributed by atoms with van der Waals surface area (Å²) in [6.45, 7) is 0.303. The summed E-state index contributed by atoms with van der Waals surface area (Å²) in [6, 6.07) is 17.9. The maximum Gasteiger partial charge on any atom is 0.577 e. The molecule has 0 bridgehead atoms. The molecule has 0 aliphatic heterocycles. The van der Waals surface area contributed by atoms with Crippen LogP contribution in [0.4, 0.5) is 13.2 Å². The van der Waals surface area contributed by atoms with E-state index in [0.29, 0.717) is 17.3 Å². The summed E-state index contributed by atoms with van der Waals surface area (Å²) < 4.78 is 44.0. The second-order valence-corrected chi connectivity index (χ2v) is 4.87. The molecule has 3 aromatic rings. The summed E-state index contributed by atoms with van der Waals surface area (Å²) in [5.41, 5.74) is 0.898. The van der Waals surface area contributed by atoms with Crippen LogP contribution in [0, 0.1) is 0 Å². The fourth-order valence-corrected chi connectivity index (χ4v) is 2.36. The first-order valence-corrected chi connectivity index (χ1v) is 6.74. The molecule has 2 aromatic carbocycles. The minimum Gasteiger partial charge on any atom is -0.350 e. The highest BCUT2D eigenvalue weighted by Gasteiger charge is 2.36. The minimum atomic E-state index is -4.73. The van der Waals surface area contributed by atoms with Gasteiger partial charge in [-0.05, 0) is 11.5 Å². The van der Waals surface area contributed by atoms with E-state index in [1.165, 1.54) is 4.57 Å². The average Bonchev–Trinajstić information content (AvgIpc) is 2.49. The van der Waals surface area contributed by atoms with Crippen molar-refractivity contribution in [1.29, 1.82) is 0 Å². The Labute approximate surface area is 125 Å². The number of hydrogen-bond donors (Lipinski definition) is 0. The Balaban J connectivity index is 2.10. The summed E-state index contributed by atoms with van der Waals surface area (Å²) in [4.78, 5) is 0. The van der Waals surface area contributed by atoms with Crippen LogP contribution in [0.5, 0.6) is 5.88 Å². The van der Waals surface area contributed by atoms with E-state index in [0.717, 1.165) is 5.56 Å². The summed E-state index contributed by atoms with van der Waals surface area (Å²) in [5.74, 6) is -0.200. The Morgan fingerprint density at radius 1 is 0.864 bits per heavy atom. The standard InChI is InChI=1S/C17H13F3NO/c18-17(19,20)22-16-15-9-5-4-8-14(15)10-11-21(16)12-13-6-2-1-3-7-13/h1-11H,12H2/q+1. The highest BCUT2D eigenvalue weighted by Crippen LogP contribution is 2.27. The van der Waals surface area contributed by atoms with Crippen molar-refractivity contribution >= 4 is 10.8 Å². The molecule has 0 radical (unpaired) electrons. The molecule has 0 aliphatic rings. The number of halogens is 3. The lowest BCUT2D eigenvalue weighted by Crippen LogP contribution is -2.38. The van der Waals surface area contributed by atoms with Crippen molar-refractivity contribution in [2.24, 2.45) is 0 Å². The van der Waals surface area contributed by atoms with E-state index >= 15 is 0 Å². The predicted molar refractivity (Wildman–Crippen MR) is 76.4 cm³/mol. The SMILES string of the molecule is FC(F)(F)Oc1c2ccccc2cc[n+]1Cc1ccccc1. The maximum atomic E-state index is 12.8. The van der Waals surface area contributed by atoms with Gasteiger partial charge < -0.3 is 4.74 Å². The topological polar surface area (TPSA) is 13.1 Å². The first-order valence-electron chi connectivity index (χ1n) is 6.74. The Morgan fingerprint density at radius 3 is 2.27 bits per heavy atom. The van der Waals surface area contributed by atoms with E-state index < -0.39 is 6.36 Å². The normalized spacial score (nSPS) is 11.6. The lowest BCUT2D eigenvalue weighted by atomic mass is 10.1. The van der Waals surface area contributed by atoms with Gasteiger partial charge in [-0.15, -0.1) is 13.2 Å². The molecule has 0 N–H and O–H groups in total. The monoisotopic (exact) mass is 304 g/mol. The molecule has 0 unspecified atom stereocenters. The Bertz CT molecular complexity index is 785. The van der Waals surface area contributed by atoms with Gasteiger partial charge in [-0.1, -0.05) is 48.5 Å². The molecule has 22 heavy (non-hydrogen) atoms. The van der Waals surface area contributed by atoms with E-state index in [4.69, 9.17) is 0 Å². The summed E-state index contributed by atoms with van der Waals surface area (Å²) in [5, 5.41) is 1.13. The van der Waals surface area contributed by atoms with Gasteiger partial charge in [-0.3, -0.25) is 0 Å². The number of hydrogen-bond acceptors (Lipinski definition) is 1. The molecule has 112 valence electrons. The third kappa shape index (κ3) is 3.19. The van der Waals surface area contributed by atoms with Gasteiger partial charge in [0, 0.05) is 11.6 Å². The van der Waals surface area contributed by atoms with Crippen LogP contribution in [0.1, 0.15) is 5.56 Å². The van der Waals surface area contributed by atoms with Crippen molar-refractivity contribution in [2.75, 3.05) is 0 Å². The van der Waals surface area contributed by atoms with Crippen LogP contribution >= 0.6 is 0 Å². The van der Waals surface area contributed by atoms with Crippen molar-refractivity contribution in [3.05, 3.63) is 72.4 Å². The number of ether oxygens (including phenoxy) is 1. The molecule has 0 fully saturated rings. The van der Waals surface area contributed by atoms with Crippen molar-refractivity contribution in [2.45, 2.75) is 12.9 Å². The van der Waals surface area contributed by atoms with Crippen molar-refractivity contribution in [1.82, 2.24) is 0 Å². The number of nitrogens with zero attached hydrogens (tertiary/aromatic N) is 1. The summed E-state index contributed by atoms with van der Waals surface area (Å²) >= 11 is 0. The number of fused-ring (bicyclic) bond motifs is 1. The number of pyridine rings is 1. The zero-order valence-electron chi connectivity index (χ0n) is 11.5. The van der Waals surface area contributed by atoms with Gasteiger partial charge in [0.2, 0.25) is 0 Å². The number of benzene rings is 2. The van der Waals surface area contributed by atoms with E-state index in [9.17, 15) is 13.2 Å². The first kappa shape index (κ1) is 14.4. The number of aromatic nitrogens is 1. The fraction of sp³-hybridized carbons (Fsp3) is 0.118. The van der Waals surface area contributed by atoms with Crippen LogP contribution < -0.4 is 9.30 Å². The molecule has 0 saturated heterocycles. The lowest BCUT2D eigenvalue weighted by molar-refractivity contribution is -0.696. The Hall–Kier alpha value is -2.56. The molecule has 1 heterocycles. The van der Waals surface area contributed by atoms with E-state index in [-0.39, 0.29) is 5.88 Å². The second kappa shape index (κ2) is 5.67. The maximum absolute atomic E-state index is 12.8. The molecule has 0 aliphatic carbocycles. The van der Waals surface area contributed by atoms with Crippen LogP contribution in [-0.4, -0.2) is 6.36 Å². The van der Waals surface area contributed by atoms with Crippen LogP contribution in [0.25, 0.3) is 10.8 Å². The molecular weight excluding hydrogens is 291 g/mol. The smallest absolute Gasteiger partial charge is 0.350 e. The van der Waals surface area contributed by atoms with Crippen LogP contribution in [0.3, 0.4) is 0 Å². The number of alkyl halides is 3. The largest absolute Gasteiger partial charge is 0.577 e. The van der Waals surface area contributed by atoms with Crippen LogP contribution in [0.15, 0.2) is 66.9 Å². The highest BCUT2D eigenvalue weighted by atomic mass is 19.4. The van der Waals surface area contributed by atoms with Gasteiger partial charge in [0.1, 0.15) is 0 Å². The number of rotatable bonds is 3. The second-order valence-electron chi connectivity index (χ2n) is 4.87. The quantitative estimate of drug-likeness (QED) is 0.665. The van der Waals surface area contributed by atoms with Gasteiger partial charge in [0.15, 0.2) is 12.7 Å². The van der Waals surface area contributed by atoms with E-state index in [2.05, 4.69) is 4.74 Å². The molecule has 3 rings (SSSR count). The predicted octanol–water partition coefficient (Wildman–Crippen LogP) is 4.07. The van der Waals surface area contributed by atoms with Gasteiger partial charge in [0.25, 0.3) is 0 Å². The van der Waals surface area contributed by atoms with Gasteiger partial charge in [0.05, 0.1) is 5.39 Å². The Morgan fingerprint density at radius 2 is 1.55 bits per heavy atom. The zero-order valence-corrected chi connectivity index (χ0v) is 11.5. The molecule has 0 spiro atoms. The molecule has 2 nitrogen and oxygen atoms in total. The minimum absolute atomic E-state index is 0.200. The first-order chi connectivity index (χ1) is 10.5. The zero-order chi connectivity index (χ0) is 15.6. The average molecular weight is 304 g/mol. The molecular formula is C17H13F3NO+. The van der Waals surface area contributed by atoms with Gasteiger partial charge in [-0.25, -0.2) is 0 Å². The Kier molecular flexibility index (Phi) is 3.71. The lowest BCUT2D eigenvalue weighted by Gasteiger charge is -2.10. The summed E-state index contributed by atoms with van der Waals surface area (Å²) in [6.07, 6.45) is -3.13. The molecule has 1 aromatic heterocycles. The van der Waals surface area contributed by atoms with E-state index in [1.54, 1.807) is 36.5 Å². The van der Waals surface area contributed by atoms with E-state index in [1.807, 2.05) is 30.3 Å². The molecule has 5 heteroatoms. The fourth-order valence-electron chi connectivity index (χ4n) is 2.36. The van der Waals surface area contributed by atoms with Crippen LogP contribution in [0.2, 0.25) is 0 Å². The highest BCUT2D eigenvalue weighted by molar-refractivity contribution is 5.85. The summed E-state index contributed by atoms with van der Waals surface area (Å²) in [7, 11) is 0. The van der Waals surface area contributed by atoms with Gasteiger partial charge >= 0.3 is 12.2 Å². The van der Waals surface area contributed by atoms with Crippen LogP contribution in [-0.2, 0) is 6.54 Å². The molecule has 0 atom stereocenters. The molecule has 0 saturated carbocycles. The molecule has 0 amide bonds. The third-order valence-corrected chi connectivity index (χ3v) is 3.29. The van der Waals surface area contributed by atoms with Crippen molar-refractivity contribution in [3.8, 4) is 5.88 Å². The third-order valence-electron chi connectivity index (χ3n) is 3.29. The van der Waals surface area contributed by atoms with Gasteiger partial charge in [-0.2, -0.15) is 4.57 Å². The van der Waals surface area contributed by atoms with Crippen molar-refractivity contribution in [3.63, 3.8) is 0 Å². The van der Waals surface area contributed by atoms with Crippen molar-refractivity contribution < 1.29 is 22.5 Å².